The van der Waals surface area contributed by atoms with Gasteiger partial charge < -0.3 is 4.57 Å². The van der Waals surface area contributed by atoms with Crippen molar-refractivity contribution in [2.75, 3.05) is 5.75 Å². The highest BCUT2D eigenvalue weighted by Crippen LogP contribution is 2.27. The summed E-state index contributed by atoms with van der Waals surface area (Å²) in [5.41, 5.74) is 3.05. The molecule has 0 spiro atoms. The molecule has 5 rings (SSSR count). The minimum atomic E-state index is -4.39. The van der Waals surface area contributed by atoms with Gasteiger partial charge in [-0.15, -0.1) is 10.2 Å². The van der Waals surface area contributed by atoms with Crippen molar-refractivity contribution in [2.45, 2.75) is 57.9 Å². The van der Waals surface area contributed by atoms with E-state index < -0.39 is 12.7 Å². The lowest BCUT2D eigenvalue weighted by atomic mass is 9.98. The summed E-state index contributed by atoms with van der Waals surface area (Å²) < 4.78 is 43.4. The van der Waals surface area contributed by atoms with Gasteiger partial charge in [-0.2, -0.15) is 13.2 Å². The highest BCUT2D eigenvalue weighted by Gasteiger charge is 2.30. The number of alkyl halides is 3. The third kappa shape index (κ3) is 5.05. The largest absolute Gasteiger partial charge is 0.406 e. The SMILES string of the molecule is CC[C@@H](C)c1ccc(-n2c(=O)c3ccccc3n3c(SCC(=O)c4cc(C)n(CC(F)(F)F)c4C)nnc23)cc1. The molecule has 0 unspecified atom stereocenters. The number of rotatable bonds is 8. The van der Waals surface area contributed by atoms with E-state index in [-0.39, 0.29) is 28.4 Å². The lowest BCUT2D eigenvalue weighted by Gasteiger charge is -2.13. The maximum absolute atomic E-state index is 13.6. The molecule has 208 valence electrons. The summed E-state index contributed by atoms with van der Waals surface area (Å²) in [5.74, 6) is 0.308. The molecular formula is C29H28F3N5O2S. The molecule has 11 heteroatoms. The number of halogens is 3. The first kappa shape index (κ1) is 27.7. The average molecular weight is 568 g/mol. The van der Waals surface area contributed by atoms with Crippen LogP contribution in [-0.4, -0.2) is 41.4 Å². The van der Waals surface area contributed by atoms with Gasteiger partial charge in [0, 0.05) is 17.0 Å². The number of nitrogens with zero attached hydrogens (tertiary/aromatic N) is 5. The van der Waals surface area contributed by atoms with Gasteiger partial charge in [0.05, 0.1) is 22.3 Å². The van der Waals surface area contributed by atoms with Crippen LogP contribution in [0.15, 0.2) is 64.5 Å². The topological polar surface area (TPSA) is 74.2 Å². The van der Waals surface area contributed by atoms with Crippen LogP contribution in [0.25, 0.3) is 22.4 Å². The Hall–Kier alpha value is -3.86. The van der Waals surface area contributed by atoms with Gasteiger partial charge in [0.2, 0.25) is 5.78 Å². The van der Waals surface area contributed by atoms with Gasteiger partial charge in [-0.05, 0) is 62.1 Å². The summed E-state index contributed by atoms with van der Waals surface area (Å²) in [6.07, 6.45) is -3.40. The Labute approximate surface area is 232 Å². The van der Waals surface area contributed by atoms with Crippen molar-refractivity contribution in [1.29, 1.82) is 0 Å². The van der Waals surface area contributed by atoms with Crippen LogP contribution in [0.1, 0.15) is 53.5 Å². The zero-order valence-electron chi connectivity index (χ0n) is 22.5. The molecule has 0 radical (unpaired) electrons. The van der Waals surface area contributed by atoms with E-state index in [0.717, 1.165) is 22.7 Å². The number of ketones is 1. The first-order valence-electron chi connectivity index (χ1n) is 12.9. The fraction of sp³-hybridized carbons (Fsp3) is 0.310. The molecule has 7 nitrogen and oxygen atoms in total. The molecule has 0 aliphatic heterocycles. The second-order valence-corrected chi connectivity index (χ2v) is 10.8. The Kier molecular flexibility index (Phi) is 7.34. The fourth-order valence-electron chi connectivity index (χ4n) is 4.91. The highest BCUT2D eigenvalue weighted by atomic mass is 32.2. The van der Waals surface area contributed by atoms with Crippen molar-refractivity contribution in [3.63, 3.8) is 0 Å². The van der Waals surface area contributed by atoms with E-state index in [1.807, 2.05) is 30.3 Å². The summed E-state index contributed by atoms with van der Waals surface area (Å²) in [4.78, 5) is 26.7. The Morgan fingerprint density at radius 2 is 1.75 bits per heavy atom. The number of carbonyl (C=O) groups excluding carboxylic acids is 1. The van der Waals surface area contributed by atoms with E-state index in [1.54, 1.807) is 29.5 Å². The molecule has 0 N–H and O–H groups in total. The van der Waals surface area contributed by atoms with Gasteiger partial charge in [-0.25, -0.2) is 4.57 Å². The van der Waals surface area contributed by atoms with Crippen LogP contribution in [-0.2, 0) is 6.54 Å². The second kappa shape index (κ2) is 10.6. The van der Waals surface area contributed by atoms with Crippen LogP contribution in [0.5, 0.6) is 0 Å². The molecule has 3 heterocycles. The van der Waals surface area contributed by atoms with E-state index in [2.05, 4.69) is 24.0 Å². The number of hydrogen-bond acceptors (Lipinski definition) is 5. The smallest absolute Gasteiger partial charge is 0.339 e. The zero-order chi connectivity index (χ0) is 28.8. The third-order valence-corrected chi connectivity index (χ3v) is 8.20. The molecule has 0 aliphatic rings. The number of aromatic nitrogens is 5. The van der Waals surface area contributed by atoms with Crippen LogP contribution >= 0.6 is 11.8 Å². The summed E-state index contributed by atoms with van der Waals surface area (Å²) in [6, 6.07) is 16.4. The number of hydrogen-bond donors (Lipinski definition) is 0. The minimum absolute atomic E-state index is 0.0613. The number of fused-ring (bicyclic) bond motifs is 3. The maximum atomic E-state index is 13.6. The quantitative estimate of drug-likeness (QED) is 0.158. The van der Waals surface area contributed by atoms with Gasteiger partial charge in [-0.3, -0.25) is 14.0 Å². The van der Waals surface area contributed by atoms with Crippen LogP contribution in [0.4, 0.5) is 13.2 Å². The number of para-hydroxylation sites is 1. The van der Waals surface area contributed by atoms with Gasteiger partial charge >= 0.3 is 6.18 Å². The van der Waals surface area contributed by atoms with Crippen LogP contribution < -0.4 is 5.56 Å². The fourth-order valence-corrected chi connectivity index (χ4v) is 5.73. The molecule has 0 aliphatic carbocycles. The number of benzene rings is 2. The van der Waals surface area contributed by atoms with E-state index in [4.69, 9.17) is 0 Å². The van der Waals surface area contributed by atoms with Crippen molar-refractivity contribution in [2.24, 2.45) is 0 Å². The molecular weight excluding hydrogens is 539 g/mol. The molecule has 40 heavy (non-hydrogen) atoms. The summed E-state index contributed by atoms with van der Waals surface area (Å²) in [6.45, 7) is 6.18. The monoisotopic (exact) mass is 567 g/mol. The summed E-state index contributed by atoms with van der Waals surface area (Å²) in [7, 11) is 0. The van der Waals surface area contributed by atoms with E-state index in [0.29, 0.717) is 39.1 Å². The standard InChI is InChI=1S/C29H28F3N5O2S/c1-5-17(2)20-10-12-21(13-11-20)36-26(39)22-8-6-7-9-24(22)37-27(36)33-34-28(37)40-15-25(38)23-14-18(3)35(19(23)4)16-29(30,31)32/h6-14,17H,5,15-16H2,1-4H3/t17-/m1/s1. The van der Waals surface area contributed by atoms with E-state index in [9.17, 15) is 22.8 Å². The number of thioether (sulfide) groups is 1. The predicted molar refractivity (Wildman–Crippen MR) is 150 cm³/mol. The lowest BCUT2D eigenvalue weighted by molar-refractivity contribution is -0.141. The van der Waals surface area contributed by atoms with Crippen LogP contribution in [0, 0.1) is 13.8 Å². The Balaban J connectivity index is 1.53. The van der Waals surface area contributed by atoms with Crippen molar-refractivity contribution >= 4 is 34.2 Å². The predicted octanol–water partition coefficient (Wildman–Crippen LogP) is 6.50. The van der Waals surface area contributed by atoms with Gasteiger partial charge in [-0.1, -0.05) is 49.9 Å². The average Bonchev–Trinajstić information content (AvgIpc) is 3.47. The van der Waals surface area contributed by atoms with Crippen LogP contribution in [0.2, 0.25) is 0 Å². The molecule has 0 bridgehead atoms. The molecule has 1 atom stereocenters. The van der Waals surface area contributed by atoms with Crippen LogP contribution in [0.3, 0.4) is 0 Å². The molecule has 0 saturated heterocycles. The molecule has 5 aromatic rings. The van der Waals surface area contributed by atoms with E-state index in [1.165, 1.54) is 23.1 Å². The van der Waals surface area contributed by atoms with Crippen molar-refractivity contribution < 1.29 is 18.0 Å². The minimum Gasteiger partial charge on any atom is -0.339 e. The number of aryl methyl sites for hydroxylation is 1. The van der Waals surface area contributed by atoms with Gasteiger partial charge in [0.15, 0.2) is 10.9 Å². The molecule has 0 saturated carbocycles. The second-order valence-electron chi connectivity index (χ2n) is 9.87. The lowest BCUT2D eigenvalue weighted by Crippen LogP contribution is -2.22. The Morgan fingerprint density at radius 1 is 1.05 bits per heavy atom. The van der Waals surface area contributed by atoms with Crippen molar-refractivity contribution in [1.82, 2.24) is 23.7 Å². The highest BCUT2D eigenvalue weighted by molar-refractivity contribution is 7.99. The number of Topliss-reactive ketones (excluding diaryl/α,β-unsaturated/α-hetero) is 1. The summed E-state index contributed by atoms with van der Waals surface area (Å²) >= 11 is 1.12. The van der Waals surface area contributed by atoms with Crippen molar-refractivity contribution in [3.05, 3.63) is 87.5 Å². The molecule has 0 amide bonds. The normalized spacial score (nSPS) is 12.9. The first-order chi connectivity index (χ1) is 19.0. The number of carbonyl (C=O) groups is 1. The Bertz CT molecular complexity index is 1780. The molecule has 3 aromatic heterocycles. The molecule has 0 fully saturated rings. The van der Waals surface area contributed by atoms with Gasteiger partial charge in [0.1, 0.15) is 6.54 Å². The third-order valence-electron chi connectivity index (χ3n) is 7.27. The maximum Gasteiger partial charge on any atom is 0.406 e. The zero-order valence-corrected chi connectivity index (χ0v) is 23.3. The van der Waals surface area contributed by atoms with Gasteiger partial charge in [0.25, 0.3) is 5.56 Å². The Morgan fingerprint density at radius 3 is 2.42 bits per heavy atom. The van der Waals surface area contributed by atoms with Crippen molar-refractivity contribution in [3.8, 4) is 5.69 Å². The molecule has 2 aromatic carbocycles. The summed E-state index contributed by atoms with van der Waals surface area (Å²) in [5, 5.41) is 9.48. The first-order valence-corrected chi connectivity index (χ1v) is 13.9. The van der Waals surface area contributed by atoms with E-state index >= 15 is 0 Å².